The molecule has 2 fully saturated rings. The summed E-state index contributed by atoms with van der Waals surface area (Å²) in [6, 6.07) is 1.82. The Hall–Kier alpha value is -2.30. The molecule has 1 saturated carbocycles. The van der Waals surface area contributed by atoms with Gasteiger partial charge in [0.25, 0.3) is 0 Å². The van der Waals surface area contributed by atoms with E-state index in [1.165, 1.54) is 0 Å². The number of nitrogens with one attached hydrogen (secondary N) is 2. The molecular formula is C20H21F6N5. The van der Waals surface area contributed by atoms with Gasteiger partial charge in [0.05, 0.1) is 12.5 Å². The summed E-state index contributed by atoms with van der Waals surface area (Å²) in [5.41, 5.74) is -0.352. The van der Waals surface area contributed by atoms with Crippen molar-refractivity contribution in [2.45, 2.75) is 43.9 Å². The maximum atomic E-state index is 14.5. The standard InChI is InChI=1S/C20H21F6N5/c21-14-4-3-12(15(22)16(14)23)13-5-11(20(24,25)26)8-31-18(13)29-19(30-31)28-17-9-1-2-10(17)7-27-6-9/h3-4,9-11,13,17,27H,1-2,5-8H2,(H,28,30). The second-order valence-electron chi connectivity index (χ2n) is 8.69. The number of benzene rings is 1. The Morgan fingerprint density at radius 3 is 2.42 bits per heavy atom. The van der Waals surface area contributed by atoms with Crippen molar-refractivity contribution in [3.8, 4) is 0 Å². The average Bonchev–Trinajstić information content (AvgIpc) is 3.20. The van der Waals surface area contributed by atoms with Crippen LogP contribution in [0.25, 0.3) is 0 Å². The molecular weight excluding hydrogens is 424 g/mol. The second kappa shape index (κ2) is 7.39. The molecule has 5 nitrogen and oxygen atoms in total. The summed E-state index contributed by atoms with van der Waals surface area (Å²) in [7, 11) is 0. The minimum absolute atomic E-state index is 0.113. The molecule has 1 aromatic carbocycles. The number of anilines is 1. The molecule has 0 amide bonds. The van der Waals surface area contributed by atoms with Gasteiger partial charge in [0, 0.05) is 17.5 Å². The molecule has 2 aliphatic heterocycles. The highest BCUT2D eigenvalue weighted by atomic mass is 19.4. The largest absolute Gasteiger partial charge is 0.393 e. The van der Waals surface area contributed by atoms with Crippen LogP contribution in [0.4, 0.5) is 32.3 Å². The maximum Gasteiger partial charge on any atom is 0.393 e. The molecule has 1 aromatic heterocycles. The molecule has 168 valence electrons. The molecule has 0 spiro atoms. The fourth-order valence-electron chi connectivity index (χ4n) is 5.26. The van der Waals surface area contributed by atoms with E-state index in [2.05, 4.69) is 20.7 Å². The second-order valence-corrected chi connectivity index (χ2v) is 8.69. The van der Waals surface area contributed by atoms with E-state index in [1.54, 1.807) is 0 Å². The summed E-state index contributed by atoms with van der Waals surface area (Å²) < 4.78 is 83.5. The lowest BCUT2D eigenvalue weighted by Crippen LogP contribution is -2.45. The van der Waals surface area contributed by atoms with Gasteiger partial charge < -0.3 is 10.6 Å². The Morgan fingerprint density at radius 1 is 1.03 bits per heavy atom. The van der Waals surface area contributed by atoms with Crippen molar-refractivity contribution in [3.63, 3.8) is 0 Å². The number of hydrogen-bond donors (Lipinski definition) is 2. The first-order valence-electron chi connectivity index (χ1n) is 10.3. The van der Waals surface area contributed by atoms with E-state index in [1.807, 2.05) is 0 Å². The van der Waals surface area contributed by atoms with Crippen molar-refractivity contribution in [2.24, 2.45) is 17.8 Å². The van der Waals surface area contributed by atoms with Gasteiger partial charge in [-0.15, -0.1) is 5.10 Å². The molecule has 1 aliphatic carbocycles. The minimum atomic E-state index is -4.54. The van der Waals surface area contributed by atoms with E-state index in [-0.39, 0.29) is 23.4 Å². The summed E-state index contributed by atoms with van der Waals surface area (Å²) >= 11 is 0. The molecule has 11 heteroatoms. The lowest BCUT2D eigenvalue weighted by molar-refractivity contribution is -0.184. The van der Waals surface area contributed by atoms with Crippen LogP contribution in [0, 0.1) is 35.2 Å². The highest BCUT2D eigenvalue weighted by molar-refractivity contribution is 5.35. The topological polar surface area (TPSA) is 54.8 Å². The van der Waals surface area contributed by atoms with Crippen molar-refractivity contribution in [1.82, 2.24) is 20.1 Å². The van der Waals surface area contributed by atoms with Gasteiger partial charge in [-0.1, -0.05) is 6.07 Å². The third-order valence-electron chi connectivity index (χ3n) is 6.86. The van der Waals surface area contributed by atoms with E-state index < -0.39 is 48.4 Å². The molecule has 2 N–H and O–H groups in total. The Bertz CT molecular complexity index is 973. The zero-order valence-corrected chi connectivity index (χ0v) is 16.4. The summed E-state index contributed by atoms with van der Waals surface area (Å²) in [5, 5.41) is 10.9. The van der Waals surface area contributed by atoms with E-state index in [4.69, 9.17) is 0 Å². The third-order valence-corrected chi connectivity index (χ3v) is 6.86. The molecule has 2 bridgehead atoms. The molecule has 31 heavy (non-hydrogen) atoms. The first-order chi connectivity index (χ1) is 14.7. The zero-order chi connectivity index (χ0) is 21.9. The highest BCUT2D eigenvalue weighted by Crippen LogP contribution is 2.43. The fourth-order valence-corrected chi connectivity index (χ4v) is 5.26. The minimum Gasteiger partial charge on any atom is -0.350 e. The van der Waals surface area contributed by atoms with Gasteiger partial charge in [-0.25, -0.2) is 17.9 Å². The predicted octanol–water partition coefficient (Wildman–Crippen LogP) is 3.82. The van der Waals surface area contributed by atoms with Crippen molar-refractivity contribution in [2.75, 3.05) is 18.4 Å². The monoisotopic (exact) mass is 445 g/mol. The smallest absolute Gasteiger partial charge is 0.350 e. The molecule has 4 atom stereocenters. The normalized spacial score (nSPS) is 30.3. The Kier molecular flexibility index (Phi) is 4.91. The summed E-state index contributed by atoms with van der Waals surface area (Å²) in [6.07, 6.45) is -2.97. The molecule has 4 unspecified atom stereocenters. The number of piperidine rings is 1. The van der Waals surface area contributed by atoms with Crippen LogP contribution in [0.2, 0.25) is 0 Å². The number of nitrogens with zero attached hydrogens (tertiary/aromatic N) is 3. The SMILES string of the molecule is Fc1ccc(C2CC(C(F)(F)F)Cn3nc(NC4C5CCC4CNC5)nc32)c(F)c1F. The first-order valence-corrected chi connectivity index (χ1v) is 10.3. The van der Waals surface area contributed by atoms with Gasteiger partial charge in [0.15, 0.2) is 17.5 Å². The average molecular weight is 445 g/mol. The van der Waals surface area contributed by atoms with Crippen LogP contribution in [0.5, 0.6) is 0 Å². The Labute approximate surface area is 174 Å². The number of hydrogen-bond acceptors (Lipinski definition) is 4. The van der Waals surface area contributed by atoms with Gasteiger partial charge in [-0.05, 0) is 50.3 Å². The van der Waals surface area contributed by atoms with Crippen LogP contribution in [-0.2, 0) is 6.54 Å². The van der Waals surface area contributed by atoms with Crippen LogP contribution < -0.4 is 10.6 Å². The molecule has 2 aromatic rings. The van der Waals surface area contributed by atoms with Crippen molar-refractivity contribution < 1.29 is 26.3 Å². The summed E-state index contributed by atoms with van der Waals surface area (Å²) in [6.45, 7) is 1.25. The molecule has 3 aliphatic rings. The number of aromatic nitrogens is 3. The third kappa shape index (κ3) is 3.56. The lowest BCUT2D eigenvalue weighted by Gasteiger charge is -2.31. The van der Waals surface area contributed by atoms with Gasteiger partial charge >= 0.3 is 6.18 Å². The van der Waals surface area contributed by atoms with Crippen LogP contribution in [0.1, 0.15) is 36.6 Å². The number of fused-ring (bicyclic) bond motifs is 3. The van der Waals surface area contributed by atoms with Crippen molar-refractivity contribution >= 4 is 5.95 Å². The van der Waals surface area contributed by atoms with Crippen LogP contribution in [0.15, 0.2) is 12.1 Å². The first kappa shape index (κ1) is 20.6. The fraction of sp³-hybridized carbons (Fsp3) is 0.600. The van der Waals surface area contributed by atoms with E-state index in [0.717, 1.165) is 42.7 Å². The highest BCUT2D eigenvalue weighted by Gasteiger charge is 2.47. The van der Waals surface area contributed by atoms with Crippen LogP contribution in [0.3, 0.4) is 0 Å². The number of alkyl halides is 3. The number of halogens is 6. The Morgan fingerprint density at radius 2 is 1.74 bits per heavy atom. The lowest BCUT2D eigenvalue weighted by atomic mass is 9.84. The van der Waals surface area contributed by atoms with Gasteiger partial charge in [0.2, 0.25) is 5.95 Å². The summed E-state index contributed by atoms with van der Waals surface area (Å²) in [5.74, 6) is -6.53. The summed E-state index contributed by atoms with van der Waals surface area (Å²) in [4.78, 5) is 4.38. The number of rotatable bonds is 3. The van der Waals surface area contributed by atoms with Gasteiger partial charge in [0.1, 0.15) is 5.82 Å². The van der Waals surface area contributed by atoms with Gasteiger partial charge in [-0.3, -0.25) is 0 Å². The van der Waals surface area contributed by atoms with Crippen molar-refractivity contribution in [3.05, 3.63) is 41.0 Å². The Balaban J connectivity index is 1.51. The van der Waals surface area contributed by atoms with E-state index in [9.17, 15) is 26.3 Å². The molecule has 3 heterocycles. The zero-order valence-electron chi connectivity index (χ0n) is 16.4. The molecule has 5 rings (SSSR count). The predicted molar refractivity (Wildman–Crippen MR) is 98.8 cm³/mol. The maximum absolute atomic E-state index is 14.5. The quantitative estimate of drug-likeness (QED) is 0.557. The molecule has 0 radical (unpaired) electrons. The van der Waals surface area contributed by atoms with E-state index in [0.29, 0.717) is 11.8 Å². The van der Waals surface area contributed by atoms with Gasteiger partial charge in [-0.2, -0.15) is 18.2 Å². The van der Waals surface area contributed by atoms with Crippen molar-refractivity contribution in [1.29, 1.82) is 0 Å². The molecule has 1 saturated heterocycles. The van der Waals surface area contributed by atoms with E-state index >= 15 is 0 Å². The van der Waals surface area contributed by atoms with Crippen LogP contribution >= 0.6 is 0 Å². The van der Waals surface area contributed by atoms with Crippen LogP contribution in [-0.4, -0.2) is 40.1 Å².